The molecule has 0 spiro atoms. The van der Waals surface area contributed by atoms with E-state index < -0.39 is 9.84 Å². The van der Waals surface area contributed by atoms with Crippen molar-refractivity contribution in [3.63, 3.8) is 0 Å². The number of piperidine rings is 4. The molecule has 19 heteroatoms. The highest BCUT2D eigenvalue weighted by Gasteiger charge is 2.27. The van der Waals surface area contributed by atoms with E-state index in [0.29, 0.717) is 54.4 Å². The molecule has 0 aromatic carbocycles. The molecule has 8 aliphatic heterocycles. The lowest BCUT2D eigenvalue weighted by Gasteiger charge is -2.32. The summed E-state index contributed by atoms with van der Waals surface area (Å²) < 4.78 is 22.1. The van der Waals surface area contributed by atoms with Crippen molar-refractivity contribution in [1.29, 1.82) is 0 Å². The number of nitrogens with zero attached hydrogens (tertiary/aromatic N) is 8. The molecule has 8 rings (SSSR count). The van der Waals surface area contributed by atoms with Crippen LogP contribution in [-0.4, -0.2) is 211 Å². The summed E-state index contributed by atoms with van der Waals surface area (Å²) in [5.41, 5.74) is 0. The maximum absolute atomic E-state index is 11.6. The highest BCUT2D eigenvalue weighted by atomic mass is 32.2. The van der Waals surface area contributed by atoms with Crippen molar-refractivity contribution in [2.24, 2.45) is 47.3 Å². The fourth-order valence-electron chi connectivity index (χ4n) is 11.1. The minimum atomic E-state index is -2.87. The minimum absolute atomic E-state index is 0. The lowest BCUT2D eigenvalue weighted by atomic mass is 10.1. The summed E-state index contributed by atoms with van der Waals surface area (Å²) in [7, 11) is -2.87. The van der Waals surface area contributed by atoms with Crippen LogP contribution in [0.15, 0.2) is 0 Å². The quantitative estimate of drug-likeness (QED) is 0.225. The summed E-state index contributed by atoms with van der Waals surface area (Å²) >= 11 is 0. The molecule has 8 amide bonds. The average molecular weight is 1280 g/mol. The summed E-state index contributed by atoms with van der Waals surface area (Å²) in [6.45, 7) is 45.7. The smallest absolute Gasteiger partial charge is 0.225 e. The van der Waals surface area contributed by atoms with Gasteiger partial charge in [0.25, 0.3) is 0 Å². The van der Waals surface area contributed by atoms with Crippen molar-refractivity contribution in [3.05, 3.63) is 0 Å². The van der Waals surface area contributed by atoms with Gasteiger partial charge in [0.1, 0.15) is 0 Å². The summed E-state index contributed by atoms with van der Waals surface area (Å²) in [6.07, 6.45) is 23.3. The number of hydrogen-bond donors (Lipinski definition) is 0. The van der Waals surface area contributed by atoms with Crippen molar-refractivity contribution in [3.8, 4) is 0 Å². The van der Waals surface area contributed by atoms with Crippen molar-refractivity contribution in [1.82, 2.24) is 39.2 Å². The Morgan fingerprint density at radius 2 is 0.315 bits per heavy atom. The third-order valence-electron chi connectivity index (χ3n) is 16.8. The molecule has 0 aromatic rings. The Bertz CT molecular complexity index is 1960. The molecule has 0 radical (unpaired) electrons. The van der Waals surface area contributed by atoms with Crippen LogP contribution in [0.5, 0.6) is 0 Å². The number of rotatable bonds is 8. The van der Waals surface area contributed by atoms with Gasteiger partial charge >= 0.3 is 0 Å². The molecule has 8 saturated heterocycles. The number of likely N-dealkylation sites (tertiary alicyclic amines) is 7. The van der Waals surface area contributed by atoms with Crippen LogP contribution >= 0.6 is 0 Å². The van der Waals surface area contributed by atoms with E-state index in [4.69, 9.17) is 0 Å². The zero-order valence-corrected chi connectivity index (χ0v) is 59.7. The number of amides is 8. The van der Waals surface area contributed by atoms with E-state index in [-0.39, 0.29) is 72.2 Å². The van der Waals surface area contributed by atoms with Gasteiger partial charge in [0.2, 0.25) is 47.3 Å². The summed E-state index contributed by atoms with van der Waals surface area (Å²) in [4.78, 5) is 107. The molecule has 8 fully saturated rings. The predicted octanol–water partition coefficient (Wildman–Crippen LogP) is 11.3. The van der Waals surface area contributed by atoms with Crippen LogP contribution in [0.4, 0.5) is 0 Å². The van der Waals surface area contributed by atoms with Crippen LogP contribution in [0, 0.1) is 47.3 Å². The van der Waals surface area contributed by atoms with E-state index in [2.05, 4.69) is 0 Å². The van der Waals surface area contributed by atoms with Gasteiger partial charge in [-0.2, -0.15) is 0 Å². The second-order valence-electron chi connectivity index (χ2n) is 27.7. The molecule has 18 nitrogen and oxygen atoms in total. The normalized spacial score (nSPS) is 19.1. The van der Waals surface area contributed by atoms with Gasteiger partial charge in [-0.1, -0.05) is 131 Å². The molecule has 0 bridgehead atoms. The van der Waals surface area contributed by atoms with E-state index in [1.807, 2.05) is 145 Å². The van der Waals surface area contributed by atoms with Gasteiger partial charge in [-0.05, 0) is 109 Å². The second kappa shape index (κ2) is 46.7. The maximum atomic E-state index is 11.6. The first-order chi connectivity index (χ1) is 41.4. The Kier molecular flexibility index (Phi) is 44.5. The Balaban J connectivity index is 0.000000994. The maximum Gasteiger partial charge on any atom is 0.225 e. The zero-order valence-electron chi connectivity index (χ0n) is 58.9. The molecule has 8 aliphatic rings. The van der Waals surface area contributed by atoms with Crippen molar-refractivity contribution >= 4 is 57.1 Å². The summed E-state index contributed by atoms with van der Waals surface area (Å²) in [5.74, 6) is 3.72. The first kappa shape index (κ1) is 84.7. The van der Waals surface area contributed by atoms with Gasteiger partial charge in [0, 0.05) is 152 Å². The van der Waals surface area contributed by atoms with Gasteiger partial charge in [-0.3, -0.25) is 38.4 Å². The molecule has 0 unspecified atom stereocenters. The van der Waals surface area contributed by atoms with Crippen LogP contribution in [0.2, 0.25) is 0 Å². The molecular formula is C70H134N8O10S. The van der Waals surface area contributed by atoms with Crippen molar-refractivity contribution in [2.45, 2.75) is 240 Å². The van der Waals surface area contributed by atoms with Crippen molar-refractivity contribution in [2.75, 3.05) is 116 Å². The van der Waals surface area contributed by atoms with E-state index >= 15 is 0 Å². The fourth-order valence-corrected chi connectivity index (χ4v) is 12.3. The minimum Gasteiger partial charge on any atom is -0.342 e. The van der Waals surface area contributed by atoms with Crippen LogP contribution < -0.4 is 0 Å². The van der Waals surface area contributed by atoms with E-state index in [1.54, 1.807) is 4.90 Å². The van der Waals surface area contributed by atoms with Gasteiger partial charge in [0.15, 0.2) is 9.84 Å². The third kappa shape index (κ3) is 35.4. The average Bonchev–Trinajstić information content (AvgIpc) is 3.45. The first-order valence-electron chi connectivity index (χ1n) is 34.9. The lowest BCUT2D eigenvalue weighted by Crippen LogP contribution is -2.45. The molecule has 0 aromatic heterocycles. The standard InChI is InChI=1S/C10H19NO.4C9H17NO.C8H15NO3S.C8H15NO.C7H13NO.CH4/c1-9(2)10(12)11-7-5-3-4-6-8-11;4*1-8(2)9(11)10-6-4-3-5-7-10;1-7(2)8(10)9-3-5-13(11,12)6-4-9;1-7(2)8(10)9-5-3-4-6-9;1-6(2)7(9)8-4-3-5-8;/h9H,3-8H2,1-2H3;4*8H,3-7H2,1-2H3;7H,3-6H2,1-2H3;7H,3-6H2,1-2H3;6H,3-5H2,1-2H3;1H4. The first-order valence-corrected chi connectivity index (χ1v) is 36.8. The SMILES string of the molecule is C.CC(C)C(=O)N1CCC1.CC(C)C(=O)N1CCCC1.CC(C)C(=O)N1CCCCC1.CC(C)C(=O)N1CCCCC1.CC(C)C(=O)N1CCCCC1.CC(C)C(=O)N1CCCCC1.CC(C)C(=O)N1CCCCCC1.CC(C)C(=O)N1CCS(=O)(=O)CC1. The van der Waals surface area contributed by atoms with Crippen molar-refractivity contribution < 1.29 is 46.8 Å². The molecule has 0 saturated carbocycles. The molecular weight excluding hydrogens is 1140 g/mol. The monoisotopic (exact) mass is 1280 g/mol. The fraction of sp³-hybridized carbons (Fsp3) is 0.886. The van der Waals surface area contributed by atoms with Gasteiger partial charge < -0.3 is 39.2 Å². The number of sulfone groups is 1. The van der Waals surface area contributed by atoms with Crippen LogP contribution in [0.3, 0.4) is 0 Å². The molecule has 0 N–H and O–H groups in total. The summed E-state index contributed by atoms with van der Waals surface area (Å²) in [5, 5.41) is 0. The Morgan fingerprint density at radius 3 is 0.438 bits per heavy atom. The predicted molar refractivity (Wildman–Crippen MR) is 364 cm³/mol. The zero-order chi connectivity index (χ0) is 66.5. The number of carbonyl (C=O) groups is 8. The Labute approximate surface area is 544 Å². The molecule has 89 heavy (non-hydrogen) atoms. The topological polar surface area (TPSA) is 197 Å². The number of carbonyl (C=O) groups excluding carboxylic acids is 8. The van der Waals surface area contributed by atoms with Crippen LogP contribution in [0.1, 0.15) is 240 Å². The molecule has 520 valence electrons. The summed E-state index contributed by atoms with van der Waals surface area (Å²) in [6, 6.07) is 0. The lowest BCUT2D eigenvalue weighted by molar-refractivity contribution is -0.138. The van der Waals surface area contributed by atoms with E-state index in [9.17, 15) is 46.8 Å². The Morgan fingerprint density at radius 1 is 0.202 bits per heavy atom. The molecule has 8 heterocycles. The highest BCUT2D eigenvalue weighted by Crippen LogP contribution is 2.17. The van der Waals surface area contributed by atoms with Crippen LogP contribution in [0.25, 0.3) is 0 Å². The van der Waals surface area contributed by atoms with Gasteiger partial charge in [0.05, 0.1) is 11.5 Å². The molecule has 0 atom stereocenters. The van der Waals surface area contributed by atoms with E-state index in [1.165, 1.54) is 122 Å². The van der Waals surface area contributed by atoms with Gasteiger partial charge in [-0.15, -0.1) is 0 Å². The highest BCUT2D eigenvalue weighted by molar-refractivity contribution is 7.91. The second-order valence-corrected chi connectivity index (χ2v) is 30.0. The largest absolute Gasteiger partial charge is 0.342 e. The third-order valence-corrected chi connectivity index (χ3v) is 18.4. The van der Waals surface area contributed by atoms with Crippen LogP contribution in [-0.2, 0) is 48.2 Å². The van der Waals surface area contributed by atoms with E-state index in [0.717, 1.165) is 91.6 Å². The molecule has 0 aliphatic carbocycles. The Hall–Kier alpha value is -4.29. The van der Waals surface area contributed by atoms with Gasteiger partial charge in [-0.25, -0.2) is 8.42 Å². The number of hydrogen-bond acceptors (Lipinski definition) is 10.